The van der Waals surface area contributed by atoms with Gasteiger partial charge in [0, 0.05) is 19.0 Å². The normalized spacial score (nSPS) is 11.0. The number of hydrogen-bond acceptors (Lipinski definition) is 4. The van der Waals surface area contributed by atoms with Crippen molar-refractivity contribution in [1.29, 1.82) is 0 Å². The van der Waals surface area contributed by atoms with E-state index >= 15 is 0 Å². The predicted molar refractivity (Wildman–Crippen MR) is 83.1 cm³/mol. The number of rotatable bonds is 6. The summed E-state index contributed by atoms with van der Waals surface area (Å²) >= 11 is 0. The molecule has 1 heterocycles. The minimum atomic E-state index is -1.02. The lowest BCUT2D eigenvalue weighted by Gasteiger charge is -2.21. The monoisotopic (exact) mass is 288 g/mol. The Morgan fingerprint density at radius 2 is 2.10 bits per heavy atom. The Morgan fingerprint density at radius 3 is 2.76 bits per heavy atom. The Morgan fingerprint density at radius 1 is 1.38 bits per heavy atom. The van der Waals surface area contributed by atoms with Gasteiger partial charge >= 0.3 is 5.97 Å². The number of aromatic nitrogens is 1. The number of carbonyl (C=O) groups is 1. The summed E-state index contributed by atoms with van der Waals surface area (Å²) in [4.78, 5) is 17.4. The van der Waals surface area contributed by atoms with Crippen LogP contribution in [0.5, 0.6) is 0 Å². The van der Waals surface area contributed by atoms with E-state index in [0.29, 0.717) is 19.0 Å². The summed E-state index contributed by atoms with van der Waals surface area (Å²) < 4.78 is 5.54. The molecular formula is C16H20N2O3. The molecule has 21 heavy (non-hydrogen) atoms. The summed E-state index contributed by atoms with van der Waals surface area (Å²) in [6.07, 6.45) is 0.174. The third-order valence-corrected chi connectivity index (χ3v) is 3.18. The largest absolute Gasteiger partial charge is 0.477 e. The van der Waals surface area contributed by atoms with E-state index in [1.807, 2.05) is 50.1 Å². The van der Waals surface area contributed by atoms with Crippen LogP contribution in [0.4, 0.5) is 5.82 Å². The van der Waals surface area contributed by atoms with Crippen LogP contribution in [0.25, 0.3) is 10.8 Å². The summed E-state index contributed by atoms with van der Waals surface area (Å²) in [7, 11) is 1.89. The molecule has 1 N–H and O–H groups in total. The number of nitrogens with zero attached hydrogens (tertiary/aromatic N) is 2. The molecule has 0 bridgehead atoms. The van der Waals surface area contributed by atoms with Gasteiger partial charge in [-0.05, 0) is 25.3 Å². The molecule has 112 valence electrons. The van der Waals surface area contributed by atoms with Crippen molar-refractivity contribution in [3.05, 3.63) is 36.0 Å². The van der Waals surface area contributed by atoms with Crippen molar-refractivity contribution in [2.45, 2.75) is 20.0 Å². The van der Waals surface area contributed by atoms with Crippen LogP contribution in [-0.4, -0.2) is 42.4 Å². The van der Waals surface area contributed by atoms with Crippen LogP contribution in [0, 0.1) is 0 Å². The van der Waals surface area contributed by atoms with Gasteiger partial charge in [0.05, 0.1) is 12.7 Å². The third kappa shape index (κ3) is 3.70. The minimum Gasteiger partial charge on any atom is -0.477 e. The highest BCUT2D eigenvalue weighted by molar-refractivity contribution is 5.97. The third-order valence-electron chi connectivity index (χ3n) is 3.18. The number of aromatic carboxylic acids is 1. The maximum absolute atomic E-state index is 11.2. The van der Waals surface area contributed by atoms with Crippen molar-refractivity contribution in [3.8, 4) is 0 Å². The van der Waals surface area contributed by atoms with Crippen LogP contribution in [0.2, 0.25) is 0 Å². The molecule has 0 spiro atoms. The molecule has 0 unspecified atom stereocenters. The van der Waals surface area contributed by atoms with E-state index in [0.717, 1.165) is 10.8 Å². The molecule has 2 rings (SSSR count). The lowest BCUT2D eigenvalue weighted by Crippen LogP contribution is -2.25. The first-order valence-electron chi connectivity index (χ1n) is 6.95. The number of anilines is 1. The van der Waals surface area contributed by atoms with Crippen molar-refractivity contribution in [2.24, 2.45) is 0 Å². The lowest BCUT2D eigenvalue weighted by molar-refractivity contribution is 0.0691. The smallest absolute Gasteiger partial charge is 0.354 e. The second kappa shape index (κ2) is 6.54. The van der Waals surface area contributed by atoms with E-state index in [4.69, 9.17) is 4.74 Å². The molecule has 1 aromatic heterocycles. The van der Waals surface area contributed by atoms with Gasteiger partial charge in [0.1, 0.15) is 5.82 Å². The zero-order chi connectivity index (χ0) is 15.4. The van der Waals surface area contributed by atoms with Gasteiger partial charge in [0.25, 0.3) is 0 Å². The first kappa shape index (κ1) is 15.3. The van der Waals surface area contributed by atoms with E-state index in [2.05, 4.69) is 4.98 Å². The number of likely N-dealkylation sites (N-methyl/N-ethyl adjacent to an activating group) is 1. The van der Waals surface area contributed by atoms with Gasteiger partial charge in [-0.3, -0.25) is 0 Å². The summed E-state index contributed by atoms with van der Waals surface area (Å²) in [6, 6.07) is 9.25. The van der Waals surface area contributed by atoms with E-state index in [-0.39, 0.29) is 11.8 Å². The van der Waals surface area contributed by atoms with Crippen molar-refractivity contribution < 1.29 is 14.6 Å². The Balaban J connectivity index is 2.34. The van der Waals surface area contributed by atoms with Gasteiger partial charge in [-0.15, -0.1) is 0 Å². The number of benzene rings is 1. The molecule has 0 atom stereocenters. The van der Waals surface area contributed by atoms with E-state index < -0.39 is 5.97 Å². The molecule has 0 aliphatic carbocycles. The SMILES string of the molecule is CC(C)OCCN(C)c1nc(C(=O)O)cc2ccccc12. The number of pyridine rings is 1. The predicted octanol–water partition coefficient (Wildman–Crippen LogP) is 2.79. The molecule has 0 amide bonds. The highest BCUT2D eigenvalue weighted by Crippen LogP contribution is 2.25. The van der Waals surface area contributed by atoms with Crippen LogP contribution in [-0.2, 0) is 4.74 Å². The molecule has 5 nitrogen and oxygen atoms in total. The topological polar surface area (TPSA) is 62.7 Å². The number of carboxylic acids is 1. The minimum absolute atomic E-state index is 0.0559. The fourth-order valence-corrected chi connectivity index (χ4v) is 2.11. The quantitative estimate of drug-likeness (QED) is 0.885. The average Bonchev–Trinajstić information content (AvgIpc) is 2.45. The summed E-state index contributed by atoms with van der Waals surface area (Å²) in [5.74, 6) is -0.355. The van der Waals surface area contributed by atoms with Crippen LogP contribution in [0.3, 0.4) is 0 Å². The maximum atomic E-state index is 11.2. The molecule has 0 saturated heterocycles. The molecule has 0 aliphatic rings. The Hall–Kier alpha value is -2.14. The molecule has 2 aromatic rings. The van der Waals surface area contributed by atoms with Crippen LogP contribution in [0.1, 0.15) is 24.3 Å². The van der Waals surface area contributed by atoms with E-state index in [1.54, 1.807) is 6.07 Å². The van der Waals surface area contributed by atoms with Gasteiger partial charge in [0.15, 0.2) is 5.69 Å². The molecule has 1 aromatic carbocycles. The van der Waals surface area contributed by atoms with Gasteiger partial charge < -0.3 is 14.7 Å². The maximum Gasteiger partial charge on any atom is 0.354 e. The highest BCUT2D eigenvalue weighted by atomic mass is 16.5. The van der Waals surface area contributed by atoms with Crippen LogP contribution >= 0.6 is 0 Å². The lowest BCUT2D eigenvalue weighted by atomic mass is 10.1. The zero-order valence-corrected chi connectivity index (χ0v) is 12.5. The van der Waals surface area contributed by atoms with Crippen LogP contribution in [0.15, 0.2) is 30.3 Å². The number of hydrogen-bond donors (Lipinski definition) is 1. The van der Waals surface area contributed by atoms with Gasteiger partial charge in [-0.2, -0.15) is 0 Å². The van der Waals surface area contributed by atoms with Crippen molar-refractivity contribution in [2.75, 3.05) is 25.1 Å². The molecular weight excluding hydrogens is 268 g/mol. The molecule has 5 heteroatoms. The molecule has 0 aliphatic heterocycles. The molecule has 0 fully saturated rings. The van der Waals surface area contributed by atoms with Crippen molar-refractivity contribution >= 4 is 22.6 Å². The van der Waals surface area contributed by atoms with Crippen molar-refractivity contribution in [1.82, 2.24) is 4.98 Å². The molecule has 0 radical (unpaired) electrons. The van der Waals surface area contributed by atoms with Gasteiger partial charge in [-0.25, -0.2) is 9.78 Å². The van der Waals surface area contributed by atoms with Crippen molar-refractivity contribution in [3.63, 3.8) is 0 Å². The average molecular weight is 288 g/mol. The second-order valence-electron chi connectivity index (χ2n) is 5.20. The zero-order valence-electron chi connectivity index (χ0n) is 12.5. The number of ether oxygens (including phenoxy) is 1. The van der Waals surface area contributed by atoms with Gasteiger partial charge in [-0.1, -0.05) is 24.3 Å². The summed E-state index contributed by atoms with van der Waals surface area (Å²) in [6.45, 7) is 5.19. The second-order valence-corrected chi connectivity index (χ2v) is 5.20. The highest BCUT2D eigenvalue weighted by Gasteiger charge is 2.13. The Labute approximate surface area is 124 Å². The first-order chi connectivity index (χ1) is 9.99. The molecule has 0 saturated carbocycles. The van der Waals surface area contributed by atoms with E-state index in [1.165, 1.54) is 0 Å². The standard InChI is InChI=1S/C16H20N2O3/c1-11(2)21-9-8-18(3)15-13-7-5-4-6-12(13)10-14(17-15)16(19)20/h4-7,10-11H,8-9H2,1-3H3,(H,19,20). The Kier molecular flexibility index (Phi) is 4.75. The summed E-state index contributed by atoms with van der Waals surface area (Å²) in [5, 5.41) is 11.0. The first-order valence-corrected chi connectivity index (χ1v) is 6.95. The van der Waals surface area contributed by atoms with E-state index in [9.17, 15) is 9.90 Å². The number of fused-ring (bicyclic) bond motifs is 1. The fourth-order valence-electron chi connectivity index (χ4n) is 2.11. The Bertz CT molecular complexity index is 640. The van der Waals surface area contributed by atoms with Crippen LogP contribution < -0.4 is 4.90 Å². The van der Waals surface area contributed by atoms with Gasteiger partial charge in [0.2, 0.25) is 0 Å². The number of carboxylic acid groups (broad SMARTS) is 1. The summed E-state index contributed by atoms with van der Waals surface area (Å²) in [5.41, 5.74) is 0.0559. The fraction of sp³-hybridized carbons (Fsp3) is 0.375.